The molecule has 0 aliphatic carbocycles. The minimum atomic E-state index is -1.28. The predicted molar refractivity (Wildman–Crippen MR) is 186 cm³/mol. The molecule has 1 aromatic heterocycles. The van der Waals surface area contributed by atoms with E-state index in [1.807, 2.05) is 24.3 Å². The van der Waals surface area contributed by atoms with Crippen LogP contribution in [-0.2, 0) is 19.2 Å². The first-order chi connectivity index (χ1) is 22.8. The van der Waals surface area contributed by atoms with Gasteiger partial charge in [0.05, 0.1) is 0 Å². The van der Waals surface area contributed by atoms with Crippen LogP contribution in [0.1, 0.15) is 5.69 Å². The van der Waals surface area contributed by atoms with Gasteiger partial charge in [-0.05, 0) is 61.5 Å². The number of amides is 4. The molecule has 0 saturated carbocycles. The third-order valence-corrected chi connectivity index (χ3v) is 8.56. The molecule has 5 aromatic rings. The number of carbonyl (C=O) groups is 4. The van der Waals surface area contributed by atoms with Gasteiger partial charge in [-0.2, -0.15) is 0 Å². The second-order valence-corrected chi connectivity index (χ2v) is 12.2. The maximum absolute atomic E-state index is 13.5. The fourth-order valence-electron chi connectivity index (χ4n) is 4.22. The van der Waals surface area contributed by atoms with Crippen molar-refractivity contribution in [2.75, 3.05) is 21.3 Å². The molecule has 0 spiro atoms. The van der Waals surface area contributed by atoms with E-state index in [0.29, 0.717) is 33.5 Å². The molecule has 12 heteroatoms. The molecule has 0 aliphatic heterocycles. The quantitative estimate of drug-likeness (QED) is 0.0531. The number of hydrogen-bond donors (Lipinski definition) is 4. The van der Waals surface area contributed by atoms with Crippen LogP contribution in [-0.4, -0.2) is 44.1 Å². The van der Waals surface area contributed by atoms with Crippen molar-refractivity contribution < 1.29 is 19.2 Å². The van der Waals surface area contributed by atoms with Crippen molar-refractivity contribution in [2.24, 2.45) is 0 Å². The Morgan fingerprint density at radius 3 is 1.15 bits per heavy atom. The molecule has 0 unspecified atom stereocenters. The summed E-state index contributed by atoms with van der Waals surface area (Å²) in [4.78, 5) is 62.9. The van der Waals surface area contributed by atoms with Crippen LogP contribution in [0.4, 0.5) is 22.7 Å². The number of thioether (sulfide) groups is 2. The van der Waals surface area contributed by atoms with E-state index in [1.54, 1.807) is 110 Å². The van der Waals surface area contributed by atoms with Gasteiger partial charge in [0.15, 0.2) is 15.7 Å². The summed E-state index contributed by atoms with van der Waals surface area (Å²) in [5, 5.41) is 9.04. The van der Waals surface area contributed by atoms with Crippen LogP contribution >= 0.6 is 23.5 Å². The van der Waals surface area contributed by atoms with Gasteiger partial charge in [0.25, 0.3) is 0 Å². The second kappa shape index (κ2) is 16.2. The van der Waals surface area contributed by atoms with Crippen molar-refractivity contribution in [3.8, 4) is 0 Å². The van der Waals surface area contributed by atoms with Gasteiger partial charge >= 0.3 is 0 Å². The lowest BCUT2D eigenvalue weighted by Crippen LogP contribution is -2.37. The summed E-state index contributed by atoms with van der Waals surface area (Å²) >= 11 is 1.79. The SMILES string of the molecule is Cc1cc(SC(C(=O)Nc2ccccc2)C(=O)Nc2ccccc2)nc(SC(C(=O)Nc2ccccc2)C(=O)Nc2ccccc2)n1. The number of aryl methyl sites for hydroxylation is 1. The Balaban J connectivity index is 1.40. The Labute approximate surface area is 280 Å². The molecule has 5 rings (SSSR count). The zero-order valence-electron chi connectivity index (χ0n) is 25.1. The van der Waals surface area contributed by atoms with Crippen molar-refractivity contribution in [3.05, 3.63) is 133 Å². The molecular formula is C35H30N6O4S2. The molecule has 4 N–H and O–H groups in total. The predicted octanol–water partition coefficient (Wildman–Crippen LogP) is 6.26. The maximum atomic E-state index is 13.5. The summed E-state index contributed by atoms with van der Waals surface area (Å²) < 4.78 is 0. The standard InChI is InChI=1S/C35H30N6O4S2/c1-23-22-28(46-29(31(42)37-24-14-6-2-7-15-24)32(43)38-25-16-8-3-9-17-25)41-35(36-23)47-30(33(44)39-26-18-10-4-11-19-26)34(45)40-27-20-12-5-13-21-27/h2-22,29-30H,1H3,(H,37,42)(H,38,43)(H,39,44)(H,40,45). The minimum Gasteiger partial charge on any atom is -0.325 e. The molecule has 0 fully saturated rings. The number of anilines is 4. The van der Waals surface area contributed by atoms with Crippen molar-refractivity contribution in [2.45, 2.75) is 27.6 Å². The summed E-state index contributed by atoms with van der Waals surface area (Å²) in [6, 6.07) is 36.8. The Bertz CT molecular complexity index is 1590. The molecule has 0 atom stereocenters. The highest BCUT2D eigenvalue weighted by Crippen LogP contribution is 2.29. The molecule has 1 heterocycles. The first-order valence-corrected chi connectivity index (χ1v) is 16.2. The van der Waals surface area contributed by atoms with E-state index in [0.717, 1.165) is 23.5 Å². The molecule has 0 radical (unpaired) electrons. The smallest absolute Gasteiger partial charge is 0.247 e. The average molecular weight is 663 g/mol. The Hall–Kier alpha value is -5.46. The van der Waals surface area contributed by atoms with Crippen LogP contribution in [0, 0.1) is 6.92 Å². The Morgan fingerprint density at radius 1 is 0.489 bits per heavy atom. The van der Waals surface area contributed by atoms with E-state index in [2.05, 4.69) is 31.2 Å². The van der Waals surface area contributed by atoms with Crippen LogP contribution in [0.2, 0.25) is 0 Å². The fraction of sp³-hybridized carbons (Fsp3) is 0.0857. The third-order valence-electron chi connectivity index (χ3n) is 6.39. The zero-order chi connectivity index (χ0) is 33.0. The number of nitrogens with one attached hydrogen (secondary N) is 4. The van der Waals surface area contributed by atoms with Gasteiger partial charge in [0, 0.05) is 28.4 Å². The monoisotopic (exact) mass is 662 g/mol. The van der Waals surface area contributed by atoms with E-state index in [9.17, 15) is 19.2 Å². The van der Waals surface area contributed by atoms with Crippen LogP contribution in [0.25, 0.3) is 0 Å². The van der Waals surface area contributed by atoms with E-state index in [-0.39, 0.29) is 5.16 Å². The maximum Gasteiger partial charge on any atom is 0.247 e. The molecule has 4 amide bonds. The van der Waals surface area contributed by atoms with Crippen LogP contribution in [0.15, 0.2) is 138 Å². The van der Waals surface area contributed by atoms with Gasteiger partial charge in [-0.3, -0.25) is 19.2 Å². The molecule has 10 nitrogen and oxygen atoms in total. The van der Waals surface area contributed by atoms with Crippen LogP contribution in [0.5, 0.6) is 0 Å². The molecule has 0 saturated heterocycles. The summed E-state index contributed by atoms with van der Waals surface area (Å²) in [6.07, 6.45) is 0. The first kappa shape index (κ1) is 32.9. The van der Waals surface area contributed by atoms with E-state index in [4.69, 9.17) is 0 Å². The molecular weight excluding hydrogens is 633 g/mol. The summed E-state index contributed by atoms with van der Waals surface area (Å²) in [7, 11) is 0. The van der Waals surface area contributed by atoms with E-state index < -0.39 is 34.1 Å². The van der Waals surface area contributed by atoms with Crippen LogP contribution in [0.3, 0.4) is 0 Å². The Kier molecular flexibility index (Phi) is 11.3. The number of carbonyl (C=O) groups excluding carboxylic acids is 4. The van der Waals surface area contributed by atoms with Gasteiger partial charge in [-0.25, -0.2) is 9.97 Å². The molecule has 47 heavy (non-hydrogen) atoms. The summed E-state index contributed by atoms with van der Waals surface area (Å²) in [6.45, 7) is 1.72. The average Bonchev–Trinajstić information content (AvgIpc) is 3.07. The molecule has 0 bridgehead atoms. The van der Waals surface area contributed by atoms with E-state index in [1.165, 1.54) is 0 Å². The highest BCUT2D eigenvalue weighted by atomic mass is 32.2. The van der Waals surface area contributed by atoms with Gasteiger partial charge < -0.3 is 21.3 Å². The highest BCUT2D eigenvalue weighted by Gasteiger charge is 2.32. The number of para-hydroxylation sites is 4. The van der Waals surface area contributed by atoms with Crippen molar-refractivity contribution in [3.63, 3.8) is 0 Å². The largest absolute Gasteiger partial charge is 0.325 e. The van der Waals surface area contributed by atoms with Gasteiger partial charge in [0.2, 0.25) is 23.6 Å². The van der Waals surface area contributed by atoms with Crippen molar-refractivity contribution >= 4 is 69.9 Å². The third kappa shape index (κ3) is 9.76. The molecule has 236 valence electrons. The van der Waals surface area contributed by atoms with Gasteiger partial charge in [0.1, 0.15) is 5.03 Å². The Morgan fingerprint density at radius 2 is 0.809 bits per heavy atom. The van der Waals surface area contributed by atoms with Crippen molar-refractivity contribution in [1.82, 2.24) is 9.97 Å². The van der Waals surface area contributed by atoms with Crippen LogP contribution < -0.4 is 21.3 Å². The number of nitrogens with zero attached hydrogens (tertiary/aromatic N) is 2. The fourth-order valence-corrected chi connectivity index (χ4v) is 6.12. The van der Waals surface area contributed by atoms with E-state index >= 15 is 0 Å². The normalized spacial score (nSPS) is 10.7. The molecule has 0 aliphatic rings. The van der Waals surface area contributed by atoms with Gasteiger partial charge in [-0.1, -0.05) is 96.3 Å². The lowest BCUT2D eigenvalue weighted by atomic mass is 10.2. The first-order valence-electron chi connectivity index (χ1n) is 14.5. The minimum absolute atomic E-state index is 0.120. The highest BCUT2D eigenvalue weighted by molar-refractivity contribution is 8.02. The lowest BCUT2D eigenvalue weighted by Gasteiger charge is -2.18. The number of benzene rings is 4. The lowest BCUT2D eigenvalue weighted by molar-refractivity contribution is -0.124. The topological polar surface area (TPSA) is 142 Å². The summed E-state index contributed by atoms with van der Waals surface area (Å²) in [5.74, 6) is -2.25. The summed E-state index contributed by atoms with van der Waals surface area (Å²) in [5.41, 5.74) is 2.62. The van der Waals surface area contributed by atoms with Gasteiger partial charge in [-0.15, -0.1) is 0 Å². The number of rotatable bonds is 12. The second-order valence-electron chi connectivity index (χ2n) is 10.0. The number of hydrogen-bond acceptors (Lipinski definition) is 8. The van der Waals surface area contributed by atoms with Crippen molar-refractivity contribution in [1.29, 1.82) is 0 Å². The molecule has 4 aromatic carbocycles. The number of aromatic nitrogens is 2. The zero-order valence-corrected chi connectivity index (χ0v) is 26.8.